The second kappa shape index (κ2) is 9.27. The second-order valence-electron chi connectivity index (χ2n) is 5.36. The van der Waals surface area contributed by atoms with E-state index < -0.39 is 0 Å². The van der Waals surface area contributed by atoms with Gasteiger partial charge in [-0.3, -0.25) is 4.79 Å². The lowest BCUT2D eigenvalue weighted by molar-refractivity contribution is -0.118. The van der Waals surface area contributed by atoms with Crippen LogP contribution in [0.15, 0.2) is 42.5 Å². The van der Waals surface area contributed by atoms with Crippen LogP contribution in [0.5, 0.6) is 5.75 Å². The van der Waals surface area contributed by atoms with Crippen LogP contribution in [-0.4, -0.2) is 30.8 Å². The van der Waals surface area contributed by atoms with Gasteiger partial charge in [0, 0.05) is 29.4 Å². The first-order valence-corrected chi connectivity index (χ1v) is 8.05. The maximum Gasteiger partial charge on any atom is 0.262 e. The quantitative estimate of drug-likeness (QED) is 0.641. The fourth-order valence-electron chi connectivity index (χ4n) is 2.11. The molecule has 0 aliphatic rings. The number of amides is 1. The van der Waals surface area contributed by atoms with Gasteiger partial charge < -0.3 is 20.5 Å². The molecule has 0 radical (unpaired) electrons. The van der Waals surface area contributed by atoms with Crippen molar-refractivity contribution in [3.63, 3.8) is 0 Å². The van der Waals surface area contributed by atoms with Crippen LogP contribution in [0.1, 0.15) is 11.1 Å². The number of ether oxygens (including phenoxy) is 1. The third kappa shape index (κ3) is 5.85. The van der Waals surface area contributed by atoms with Crippen molar-refractivity contribution < 1.29 is 14.6 Å². The molecule has 0 bridgehead atoms. The van der Waals surface area contributed by atoms with Crippen LogP contribution in [-0.2, 0) is 11.3 Å². The fourth-order valence-corrected chi connectivity index (χ4v) is 2.30. The fraction of sp³-hybridized carbons (Fsp3) is 0.278. The van der Waals surface area contributed by atoms with Gasteiger partial charge >= 0.3 is 0 Å². The summed E-state index contributed by atoms with van der Waals surface area (Å²) in [7, 11) is 0. The smallest absolute Gasteiger partial charge is 0.262 e. The molecule has 0 heterocycles. The lowest BCUT2D eigenvalue weighted by Gasteiger charge is -2.13. The van der Waals surface area contributed by atoms with E-state index in [0.717, 1.165) is 16.8 Å². The minimum absolute atomic E-state index is 0.0513. The van der Waals surface area contributed by atoms with Gasteiger partial charge in [0.1, 0.15) is 5.75 Å². The Kier molecular flexibility index (Phi) is 7.06. The van der Waals surface area contributed by atoms with Gasteiger partial charge in [-0.05, 0) is 37.3 Å². The van der Waals surface area contributed by atoms with E-state index in [0.29, 0.717) is 23.9 Å². The number of rotatable bonds is 8. The number of nitrogens with one attached hydrogen (secondary N) is 2. The van der Waals surface area contributed by atoms with Gasteiger partial charge in [0.2, 0.25) is 0 Å². The van der Waals surface area contributed by atoms with Gasteiger partial charge in [-0.1, -0.05) is 29.3 Å². The summed E-state index contributed by atoms with van der Waals surface area (Å²) in [5, 5.41) is 15.3. The van der Waals surface area contributed by atoms with Crippen molar-refractivity contribution in [2.24, 2.45) is 0 Å². The number of benzene rings is 2. The van der Waals surface area contributed by atoms with E-state index in [1.807, 2.05) is 31.2 Å². The van der Waals surface area contributed by atoms with Crippen molar-refractivity contribution in [3.05, 3.63) is 58.6 Å². The van der Waals surface area contributed by atoms with Crippen molar-refractivity contribution in [3.8, 4) is 5.75 Å². The minimum Gasteiger partial charge on any atom is -0.483 e. The number of aliphatic hydroxyl groups excluding tert-OH is 1. The molecule has 2 aromatic carbocycles. The second-order valence-corrected chi connectivity index (χ2v) is 5.79. The summed E-state index contributed by atoms with van der Waals surface area (Å²) in [6.07, 6.45) is 0. The maximum atomic E-state index is 12.0. The summed E-state index contributed by atoms with van der Waals surface area (Å²) in [5.41, 5.74) is 2.69. The molecule has 3 N–H and O–H groups in total. The van der Waals surface area contributed by atoms with Crippen LogP contribution >= 0.6 is 11.6 Å². The zero-order valence-electron chi connectivity index (χ0n) is 13.5. The Bertz CT molecular complexity index is 674. The Hall–Kier alpha value is -2.08. The lowest BCUT2D eigenvalue weighted by Crippen LogP contribution is -2.22. The third-order valence-corrected chi connectivity index (χ3v) is 3.56. The monoisotopic (exact) mass is 348 g/mol. The molecule has 0 fully saturated rings. The molecule has 6 heteroatoms. The molecule has 0 atom stereocenters. The number of halogens is 1. The van der Waals surface area contributed by atoms with E-state index in [1.165, 1.54) is 0 Å². The van der Waals surface area contributed by atoms with Gasteiger partial charge in [0.15, 0.2) is 6.61 Å². The Labute approximate surface area is 146 Å². The molecule has 2 aromatic rings. The molecular formula is C18H21ClN2O3. The Morgan fingerprint density at radius 3 is 2.67 bits per heavy atom. The summed E-state index contributed by atoms with van der Waals surface area (Å²) in [4.78, 5) is 12.0. The Balaban J connectivity index is 1.92. The molecule has 0 unspecified atom stereocenters. The number of anilines is 1. The van der Waals surface area contributed by atoms with E-state index in [9.17, 15) is 4.79 Å². The van der Waals surface area contributed by atoms with Gasteiger partial charge in [-0.25, -0.2) is 0 Å². The number of carbonyl (C=O) groups is 1. The average Bonchev–Trinajstić information content (AvgIpc) is 2.56. The molecule has 1 amide bonds. The molecule has 0 aliphatic carbocycles. The molecule has 128 valence electrons. The van der Waals surface area contributed by atoms with E-state index in [2.05, 4.69) is 10.6 Å². The number of aryl methyl sites for hydroxylation is 1. The highest BCUT2D eigenvalue weighted by Gasteiger charge is 2.08. The molecule has 0 saturated carbocycles. The van der Waals surface area contributed by atoms with Crippen LogP contribution in [0, 0.1) is 6.92 Å². The third-order valence-electron chi connectivity index (χ3n) is 3.32. The van der Waals surface area contributed by atoms with Crippen molar-refractivity contribution in [1.82, 2.24) is 5.32 Å². The number of carbonyl (C=O) groups excluding carboxylic acids is 1. The highest BCUT2D eigenvalue weighted by Crippen LogP contribution is 2.23. The van der Waals surface area contributed by atoms with Crippen LogP contribution in [0.25, 0.3) is 0 Å². The lowest BCUT2D eigenvalue weighted by atomic mass is 10.2. The van der Waals surface area contributed by atoms with Crippen LogP contribution in [0.3, 0.4) is 0 Å². The standard InChI is InChI=1S/C18H21ClN2O3/c1-13-2-5-16(6-3-13)21-18(23)12-24-17-7-4-15(19)10-14(17)11-20-8-9-22/h2-7,10,20,22H,8-9,11-12H2,1H3,(H,21,23). The normalized spacial score (nSPS) is 10.5. The van der Waals surface area contributed by atoms with Gasteiger partial charge in [-0.15, -0.1) is 0 Å². The molecule has 5 nitrogen and oxygen atoms in total. The molecule has 0 spiro atoms. The summed E-state index contributed by atoms with van der Waals surface area (Å²) >= 11 is 6.00. The average molecular weight is 349 g/mol. The summed E-state index contributed by atoms with van der Waals surface area (Å²) in [6, 6.07) is 12.8. The van der Waals surface area contributed by atoms with Crippen LogP contribution in [0.4, 0.5) is 5.69 Å². The Morgan fingerprint density at radius 2 is 1.96 bits per heavy atom. The predicted octanol–water partition coefficient (Wildman–Crippen LogP) is 2.75. The Morgan fingerprint density at radius 1 is 1.21 bits per heavy atom. The SMILES string of the molecule is Cc1ccc(NC(=O)COc2ccc(Cl)cc2CNCCO)cc1. The largest absolute Gasteiger partial charge is 0.483 e. The highest BCUT2D eigenvalue weighted by atomic mass is 35.5. The van der Waals surface area contributed by atoms with Crippen molar-refractivity contribution in [2.75, 3.05) is 25.1 Å². The highest BCUT2D eigenvalue weighted by molar-refractivity contribution is 6.30. The van der Waals surface area contributed by atoms with Crippen molar-refractivity contribution in [1.29, 1.82) is 0 Å². The summed E-state index contributed by atoms with van der Waals surface area (Å²) < 4.78 is 5.61. The van der Waals surface area contributed by atoms with Gasteiger partial charge in [0.05, 0.1) is 6.61 Å². The summed E-state index contributed by atoms with van der Waals surface area (Å²) in [6.45, 7) is 2.91. The molecule has 2 rings (SSSR count). The molecular weight excluding hydrogens is 328 g/mol. The van der Waals surface area contributed by atoms with Gasteiger partial charge in [-0.2, -0.15) is 0 Å². The predicted molar refractivity (Wildman–Crippen MR) is 95.5 cm³/mol. The van der Waals surface area contributed by atoms with E-state index in [1.54, 1.807) is 18.2 Å². The van der Waals surface area contributed by atoms with Crippen molar-refractivity contribution in [2.45, 2.75) is 13.5 Å². The first-order chi connectivity index (χ1) is 11.6. The first-order valence-electron chi connectivity index (χ1n) is 7.68. The summed E-state index contributed by atoms with van der Waals surface area (Å²) in [5.74, 6) is 0.354. The molecule has 0 saturated heterocycles. The molecule has 0 aliphatic heterocycles. The molecule has 24 heavy (non-hydrogen) atoms. The minimum atomic E-state index is -0.233. The number of aliphatic hydroxyl groups is 1. The van der Waals surface area contributed by atoms with E-state index >= 15 is 0 Å². The molecule has 0 aromatic heterocycles. The topological polar surface area (TPSA) is 70.6 Å². The van der Waals surface area contributed by atoms with Crippen LogP contribution < -0.4 is 15.4 Å². The zero-order chi connectivity index (χ0) is 17.4. The first kappa shape index (κ1) is 18.3. The van der Waals surface area contributed by atoms with E-state index in [4.69, 9.17) is 21.4 Å². The number of hydrogen-bond donors (Lipinski definition) is 3. The maximum absolute atomic E-state index is 12.0. The van der Waals surface area contributed by atoms with Gasteiger partial charge in [0.25, 0.3) is 5.91 Å². The van der Waals surface area contributed by atoms with Crippen molar-refractivity contribution >= 4 is 23.2 Å². The zero-order valence-corrected chi connectivity index (χ0v) is 14.3. The van der Waals surface area contributed by atoms with Crippen LogP contribution in [0.2, 0.25) is 5.02 Å². The number of hydrogen-bond acceptors (Lipinski definition) is 4. The van der Waals surface area contributed by atoms with E-state index in [-0.39, 0.29) is 19.1 Å².